The average molecular weight is 309 g/mol. The molecule has 3 N–H and O–H groups in total. The molecule has 0 aliphatic heterocycles. The number of H-pyrrole nitrogens is 1. The monoisotopic (exact) mass is 309 g/mol. The number of amides is 1. The summed E-state index contributed by atoms with van der Waals surface area (Å²) >= 11 is 0. The van der Waals surface area contributed by atoms with Crippen LogP contribution in [0.5, 0.6) is 5.75 Å². The second-order valence-corrected chi connectivity index (χ2v) is 4.93. The van der Waals surface area contributed by atoms with Crippen molar-refractivity contribution in [1.82, 2.24) is 20.2 Å². The summed E-state index contributed by atoms with van der Waals surface area (Å²) in [5, 5.41) is 20.2. The fraction of sp³-hybridized carbons (Fsp3) is 0.0625. The number of aryl methyl sites for hydroxylation is 1. The van der Waals surface area contributed by atoms with E-state index in [1.54, 1.807) is 30.3 Å². The first-order chi connectivity index (χ1) is 11.1. The molecule has 7 heteroatoms. The van der Waals surface area contributed by atoms with Gasteiger partial charge in [0.15, 0.2) is 0 Å². The molecule has 0 radical (unpaired) electrons. The molecule has 0 fully saturated rings. The molecule has 0 saturated carbocycles. The number of rotatable bonds is 4. The molecule has 2 aromatic heterocycles. The van der Waals surface area contributed by atoms with Crippen molar-refractivity contribution in [2.75, 3.05) is 0 Å². The van der Waals surface area contributed by atoms with E-state index in [0.29, 0.717) is 17.0 Å². The second-order valence-electron chi connectivity index (χ2n) is 4.93. The maximum Gasteiger partial charge on any atom is 0.289 e. The summed E-state index contributed by atoms with van der Waals surface area (Å²) in [6.07, 6.45) is 3.28. The minimum Gasteiger partial charge on any atom is -0.507 e. The average Bonchev–Trinajstić information content (AvgIpc) is 3.17. The number of benzene rings is 1. The van der Waals surface area contributed by atoms with Gasteiger partial charge in [-0.05, 0) is 30.3 Å². The van der Waals surface area contributed by atoms with Gasteiger partial charge in [-0.3, -0.25) is 9.89 Å². The summed E-state index contributed by atoms with van der Waals surface area (Å²) in [5.41, 5.74) is 4.78. The number of para-hydroxylation sites is 1. The van der Waals surface area contributed by atoms with Crippen LogP contribution in [0.1, 0.15) is 16.1 Å². The van der Waals surface area contributed by atoms with Gasteiger partial charge in [0.25, 0.3) is 5.91 Å². The van der Waals surface area contributed by atoms with E-state index in [2.05, 4.69) is 20.7 Å². The molecule has 0 atom stereocenters. The largest absolute Gasteiger partial charge is 0.507 e. The van der Waals surface area contributed by atoms with Crippen molar-refractivity contribution in [1.29, 1.82) is 0 Å². The Morgan fingerprint density at radius 3 is 2.91 bits per heavy atom. The predicted octanol–water partition coefficient (Wildman–Crippen LogP) is 1.88. The van der Waals surface area contributed by atoms with E-state index >= 15 is 0 Å². The number of aromatic nitrogens is 3. The highest BCUT2D eigenvalue weighted by Gasteiger charge is 2.11. The minimum absolute atomic E-state index is 0.0954. The van der Waals surface area contributed by atoms with Gasteiger partial charge in [0.1, 0.15) is 17.1 Å². The van der Waals surface area contributed by atoms with Gasteiger partial charge >= 0.3 is 0 Å². The summed E-state index contributed by atoms with van der Waals surface area (Å²) in [7, 11) is 1.90. The highest BCUT2D eigenvalue weighted by atomic mass is 16.3. The van der Waals surface area contributed by atoms with Crippen LogP contribution in [-0.2, 0) is 7.05 Å². The Labute approximate surface area is 132 Å². The van der Waals surface area contributed by atoms with Crippen LogP contribution in [-0.4, -0.2) is 32.0 Å². The fourth-order valence-electron chi connectivity index (χ4n) is 2.11. The molecule has 3 aromatic rings. The number of carbonyl (C=O) groups excluding carboxylic acids is 1. The Bertz CT molecular complexity index is 863. The Morgan fingerprint density at radius 1 is 1.35 bits per heavy atom. The van der Waals surface area contributed by atoms with Crippen LogP contribution in [0.2, 0.25) is 0 Å². The molecule has 3 rings (SSSR count). The molecule has 0 aliphatic rings. The molecular weight excluding hydrogens is 294 g/mol. The van der Waals surface area contributed by atoms with Crippen LogP contribution >= 0.6 is 0 Å². The van der Waals surface area contributed by atoms with E-state index in [1.807, 2.05) is 29.9 Å². The Hall–Kier alpha value is -3.35. The van der Waals surface area contributed by atoms with E-state index in [9.17, 15) is 9.90 Å². The van der Waals surface area contributed by atoms with Gasteiger partial charge in [0.05, 0.1) is 11.9 Å². The van der Waals surface area contributed by atoms with Crippen molar-refractivity contribution in [3.8, 4) is 17.1 Å². The first-order valence-electron chi connectivity index (χ1n) is 6.93. The fourth-order valence-corrected chi connectivity index (χ4v) is 2.11. The van der Waals surface area contributed by atoms with E-state index in [0.717, 1.165) is 5.69 Å². The molecule has 1 amide bonds. The number of aromatic hydroxyl groups is 1. The third-order valence-corrected chi connectivity index (χ3v) is 3.34. The zero-order chi connectivity index (χ0) is 16.2. The number of hydrazone groups is 1. The summed E-state index contributed by atoms with van der Waals surface area (Å²) < 4.78 is 1.91. The molecule has 7 nitrogen and oxygen atoms in total. The third kappa shape index (κ3) is 3.13. The molecule has 116 valence electrons. The lowest BCUT2D eigenvalue weighted by Gasteiger charge is -1.98. The first kappa shape index (κ1) is 14.6. The Balaban J connectivity index is 1.69. The zero-order valence-corrected chi connectivity index (χ0v) is 12.4. The van der Waals surface area contributed by atoms with Gasteiger partial charge in [0, 0.05) is 18.8 Å². The zero-order valence-electron chi connectivity index (χ0n) is 12.4. The van der Waals surface area contributed by atoms with Crippen LogP contribution in [0.15, 0.2) is 53.8 Å². The van der Waals surface area contributed by atoms with Gasteiger partial charge in [-0.2, -0.15) is 10.2 Å². The van der Waals surface area contributed by atoms with Crippen LogP contribution < -0.4 is 5.43 Å². The van der Waals surface area contributed by atoms with Crippen molar-refractivity contribution in [3.05, 3.63) is 59.9 Å². The molecular formula is C16H15N5O2. The van der Waals surface area contributed by atoms with E-state index in [4.69, 9.17) is 0 Å². The van der Waals surface area contributed by atoms with Crippen LogP contribution in [0.3, 0.4) is 0 Å². The number of hydrogen-bond acceptors (Lipinski definition) is 4. The lowest BCUT2D eigenvalue weighted by molar-refractivity contribution is 0.0950. The Kier molecular flexibility index (Phi) is 3.92. The molecule has 0 unspecified atom stereocenters. The van der Waals surface area contributed by atoms with E-state index in [-0.39, 0.29) is 5.75 Å². The smallest absolute Gasteiger partial charge is 0.289 e. The standard InChI is InChI=1S/C16H15N5O2/c1-21-8-4-6-14(21)12-9-13(19-18-12)16(23)20-17-10-11-5-2-3-7-15(11)22/h2-10,22H,1H3,(H,18,19)(H,20,23)/b17-10+. The van der Waals surface area contributed by atoms with E-state index in [1.165, 1.54) is 6.21 Å². The number of aromatic amines is 1. The lowest BCUT2D eigenvalue weighted by Crippen LogP contribution is -2.18. The maximum absolute atomic E-state index is 12.0. The van der Waals surface area contributed by atoms with Crippen molar-refractivity contribution in [2.45, 2.75) is 0 Å². The van der Waals surface area contributed by atoms with Crippen molar-refractivity contribution < 1.29 is 9.90 Å². The molecule has 0 aliphatic carbocycles. The van der Waals surface area contributed by atoms with Crippen molar-refractivity contribution in [2.24, 2.45) is 12.1 Å². The number of carbonyl (C=O) groups is 1. The van der Waals surface area contributed by atoms with Gasteiger partial charge in [0.2, 0.25) is 0 Å². The van der Waals surface area contributed by atoms with Crippen LogP contribution in [0.4, 0.5) is 0 Å². The summed E-state index contributed by atoms with van der Waals surface area (Å²) in [6, 6.07) is 12.2. The highest BCUT2D eigenvalue weighted by Crippen LogP contribution is 2.17. The maximum atomic E-state index is 12.0. The van der Waals surface area contributed by atoms with Crippen LogP contribution in [0.25, 0.3) is 11.4 Å². The topological polar surface area (TPSA) is 95.3 Å². The molecule has 0 saturated heterocycles. The van der Waals surface area contributed by atoms with Gasteiger partial charge < -0.3 is 9.67 Å². The first-order valence-corrected chi connectivity index (χ1v) is 6.93. The second kappa shape index (κ2) is 6.18. The predicted molar refractivity (Wildman–Crippen MR) is 86.2 cm³/mol. The van der Waals surface area contributed by atoms with E-state index < -0.39 is 5.91 Å². The number of phenolic OH excluding ortho intramolecular Hbond substituents is 1. The van der Waals surface area contributed by atoms with Gasteiger partial charge in [-0.1, -0.05) is 12.1 Å². The van der Waals surface area contributed by atoms with Crippen molar-refractivity contribution in [3.63, 3.8) is 0 Å². The Morgan fingerprint density at radius 2 is 2.17 bits per heavy atom. The third-order valence-electron chi connectivity index (χ3n) is 3.34. The van der Waals surface area contributed by atoms with Crippen LogP contribution in [0, 0.1) is 0 Å². The summed E-state index contributed by atoms with van der Waals surface area (Å²) in [4.78, 5) is 12.0. The minimum atomic E-state index is -0.412. The normalized spacial score (nSPS) is 11.0. The SMILES string of the molecule is Cn1cccc1-c1cc(C(=O)N/N=C/c2ccccc2O)[nH]n1. The number of nitrogens with zero attached hydrogens (tertiary/aromatic N) is 3. The van der Waals surface area contributed by atoms with Gasteiger partial charge in [-0.25, -0.2) is 5.43 Å². The molecule has 0 bridgehead atoms. The number of nitrogens with one attached hydrogen (secondary N) is 2. The number of phenols is 1. The van der Waals surface area contributed by atoms with Crippen molar-refractivity contribution >= 4 is 12.1 Å². The lowest BCUT2D eigenvalue weighted by atomic mass is 10.2. The molecule has 23 heavy (non-hydrogen) atoms. The van der Waals surface area contributed by atoms with Gasteiger partial charge in [-0.15, -0.1) is 0 Å². The molecule has 2 heterocycles. The highest BCUT2D eigenvalue weighted by molar-refractivity contribution is 5.94. The quantitative estimate of drug-likeness (QED) is 0.507. The summed E-state index contributed by atoms with van der Waals surface area (Å²) in [5.74, 6) is -0.317. The molecule has 0 spiro atoms. The summed E-state index contributed by atoms with van der Waals surface area (Å²) in [6.45, 7) is 0. The number of hydrogen-bond donors (Lipinski definition) is 3. The molecule has 1 aromatic carbocycles.